The van der Waals surface area contributed by atoms with Crippen molar-refractivity contribution < 1.29 is 14.3 Å². The van der Waals surface area contributed by atoms with Gasteiger partial charge in [0.2, 0.25) is 0 Å². The molecule has 4 heteroatoms. The summed E-state index contributed by atoms with van der Waals surface area (Å²) >= 11 is 0. The molecule has 0 bridgehead atoms. The van der Waals surface area contributed by atoms with Crippen molar-refractivity contribution >= 4 is 5.91 Å². The van der Waals surface area contributed by atoms with Gasteiger partial charge in [-0.25, -0.2) is 0 Å². The lowest BCUT2D eigenvalue weighted by Crippen LogP contribution is -2.38. The van der Waals surface area contributed by atoms with Crippen LogP contribution < -0.4 is 5.32 Å². The largest absolute Gasteiger partial charge is 0.456 e. The first-order valence-electron chi connectivity index (χ1n) is 6.77. The first-order valence-corrected chi connectivity index (χ1v) is 6.77. The van der Waals surface area contributed by atoms with E-state index in [0.29, 0.717) is 6.42 Å². The van der Waals surface area contributed by atoms with Crippen molar-refractivity contribution in [3.8, 4) is 0 Å². The maximum atomic E-state index is 12.0. The highest BCUT2D eigenvalue weighted by atomic mass is 16.3. The molecule has 1 heterocycles. The Bertz CT molecular complexity index is 548. The van der Waals surface area contributed by atoms with E-state index in [1.165, 1.54) is 0 Å². The summed E-state index contributed by atoms with van der Waals surface area (Å²) in [6, 6.07) is 12.9. The molecule has 0 aliphatic rings. The number of hydrogen-bond donors (Lipinski definition) is 2. The molecule has 1 atom stereocenters. The van der Waals surface area contributed by atoms with Crippen LogP contribution in [0.25, 0.3) is 0 Å². The summed E-state index contributed by atoms with van der Waals surface area (Å²) < 4.78 is 5.40. The molecule has 4 nitrogen and oxygen atoms in total. The Morgan fingerprint density at radius 1 is 1.25 bits per heavy atom. The van der Waals surface area contributed by atoms with Gasteiger partial charge in [-0.05, 0) is 24.1 Å². The Morgan fingerprint density at radius 2 is 2.00 bits per heavy atom. The molecule has 0 aliphatic heterocycles. The molecule has 20 heavy (non-hydrogen) atoms. The van der Waals surface area contributed by atoms with Crippen molar-refractivity contribution in [1.29, 1.82) is 0 Å². The third-order valence-electron chi connectivity index (χ3n) is 3.11. The molecule has 106 valence electrons. The molecule has 1 aromatic carbocycles. The van der Waals surface area contributed by atoms with Gasteiger partial charge in [0, 0.05) is 6.42 Å². The molecule has 2 rings (SSSR count). The van der Waals surface area contributed by atoms with Gasteiger partial charge in [-0.15, -0.1) is 0 Å². The summed E-state index contributed by atoms with van der Waals surface area (Å²) in [6.07, 6.45) is 1.34. The van der Waals surface area contributed by atoms with Crippen molar-refractivity contribution in [2.24, 2.45) is 0 Å². The molecular formula is C16H19NO3. The number of nitrogens with one attached hydrogen (secondary N) is 1. The zero-order valence-corrected chi connectivity index (χ0v) is 11.5. The van der Waals surface area contributed by atoms with Gasteiger partial charge in [0.25, 0.3) is 5.91 Å². The smallest absolute Gasteiger partial charge is 0.287 e. The van der Waals surface area contributed by atoms with Gasteiger partial charge in [-0.1, -0.05) is 37.3 Å². The molecule has 1 aromatic heterocycles. The first kappa shape index (κ1) is 14.3. The number of benzene rings is 1. The molecule has 0 aliphatic carbocycles. The molecule has 0 unspecified atom stereocenters. The lowest BCUT2D eigenvalue weighted by molar-refractivity contribution is 0.0887. The standard InChI is InChI=1S/C16H19NO3/c1-2-14-8-9-15(20-14)16(19)17-13(11-18)10-12-6-4-3-5-7-12/h3-9,13,18H,2,10-11H2,1H3,(H,17,19)/t13-/m0/s1. The van der Waals surface area contributed by atoms with Crippen molar-refractivity contribution in [1.82, 2.24) is 5.32 Å². The predicted octanol–water partition coefficient (Wildman–Crippen LogP) is 2.18. The number of aryl methyl sites for hydroxylation is 1. The molecule has 2 N–H and O–H groups in total. The van der Waals surface area contributed by atoms with Crippen molar-refractivity contribution in [3.05, 3.63) is 59.5 Å². The van der Waals surface area contributed by atoms with E-state index in [4.69, 9.17) is 4.42 Å². The number of hydrogen-bond acceptors (Lipinski definition) is 3. The molecule has 0 saturated heterocycles. The van der Waals surface area contributed by atoms with Crippen molar-refractivity contribution in [2.45, 2.75) is 25.8 Å². The third kappa shape index (κ3) is 3.71. The van der Waals surface area contributed by atoms with Crippen LogP contribution in [0.1, 0.15) is 28.8 Å². The van der Waals surface area contributed by atoms with Crippen LogP contribution in [0.5, 0.6) is 0 Å². The second-order valence-corrected chi connectivity index (χ2v) is 4.66. The van der Waals surface area contributed by atoms with Crippen molar-refractivity contribution in [2.75, 3.05) is 6.61 Å². The van der Waals surface area contributed by atoms with Crippen LogP contribution >= 0.6 is 0 Å². The average Bonchev–Trinajstić information content (AvgIpc) is 2.96. The Kier molecular flexibility index (Phi) is 4.96. The van der Waals surface area contributed by atoms with Gasteiger partial charge in [-0.3, -0.25) is 4.79 Å². The van der Waals surface area contributed by atoms with Crippen LogP contribution in [0.2, 0.25) is 0 Å². The summed E-state index contributed by atoms with van der Waals surface area (Å²) in [5.74, 6) is 0.770. The zero-order valence-electron chi connectivity index (χ0n) is 11.5. The van der Waals surface area contributed by atoms with Gasteiger partial charge in [0.1, 0.15) is 5.76 Å². The van der Waals surface area contributed by atoms with Gasteiger partial charge in [0.15, 0.2) is 5.76 Å². The molecular weight excluding hydrogens is 254 g/mol. The van der Waals surface area contributed by atoms with Gasteiger partial charge < -0.3 is 14.8 Å². The fourth-order valence-corrected chi connectivity index (χ4v) is 2.01. The highest BCUT2D eigenvalue weighted by molar-refractivity contribution is 5.91. The van der Waals surface area contributed by atoms with Crippen LogP contribution in [0.15, 0.2) is 46.9 Å². The van der Waals surface area contributed by atoms with E-state index in [1.54, 1.807) is 12.1 Å². The summed E-state index contributed by atoms with van der Waals surface area (Å²) in [7, 11) is 0. The fraction of sp³-hybridized carbons (Fsp3) is 0.312. The van der Waals surface area contributed by atoms with Crippen LogP contribution in [0.3, 0.4) is 0 Å². The zero-order chi connectivity index (χ0) is 14.4. The molecule has 0 radical (unpaired) electrons. The quantitative estimate of drug-likeness (QED) is 0.848. The number of aliphatic hydroxyl groups excluding tert-OH is 1. The molecule has 0 fully saturated rings. The minimum absolute atomic E-state index is 0.109. The summed E-state index contributed by atoms with van der Waals surface area (Å²) in [6.45, 7) is 1.86. The SMILES string of the molecule is CCc1ccc(C(=O)N[C@H](CO)Cc2ccccc2)o1. The van der Waals surface area contributed by atoms with Gasteiger partial charge in [-0.2, -0.15) is 0 Å². The van der Waals surface area contributed by atoms with Crippen LogP contribution in [-0.4, -0.2) is 23.7 Å². The second kappa shape index (κ2) is 6.91. The summed E-state index contributed by atoms with van der Waals surface area (Å²) in [4.78, 5) is 12.0. The number of amides is 1. The Hall–Kier alpha value is -2.07. The maximum Gasteiger partial charge on any atom is 0.287 e. The fourth-order valence-electron chi connectivity index (χ4n) is 2.01. The minimum atomic E-state index is -0.319. The third-order valence-corrected chi connectivity index (χ3v) is 3.11. The topological polar surface area (TPSA) is 62.5 Å². The normalized spacial score (nSPS) is 12.1. The number of furan rings is 1. The highest BCUT2D eigenvalue weighted by Gasteiger charge is 2.16. The number of aliphatic hydroxyl groups is 1. The maximum absolute atomic E-state index is 12.0. The van der Waals surface area contributed by atoms with E-state index >= 15 is 0 Å². The average molecular weight is 273 g/mol. The van der Waals surface area contributed by atoms with Crippen LogP contribution in [0.4, 0.5) is 0 Å². The van der Waals surface area contributed by atoms with E-state index in [1.807, 2.05) is 37.3 Å². The number of rotatable bonds is 6. The Morgan fingerprint density at radius 3 is 2.60 bits per heavy atom. The highest BCUT2D eigenvalue weighted by Crippen LogP contribution is 2.09. The second-order valence-electron chi connectivity index (χ2n) is 4.66. The monoisotopic (exact) mass is 273 g/mol. The van der Waals surface area contributed by atoms with E-state index in [9.17, 15) is 9.90 Å². The lowest BCUT2D eigenvalue weighted by Gasteiger charge is -2.15. The molecule has 0 saturated carbocycles. The number of carbonyl (C=O) groups excluding carboxylic acids is 1. The van der Waals surface area contributed by atoms with Crippen LogP contribution in [-0.2, 0) is 12.8 Å². The van der Waals surface area contributed by atoms with Gasteiger partial charge in [0.05, 0.1) is 12.6 Å². The van der Waals surface area contributed by atoms with E-state index in [-0.39, 0.29) is 24.3 Å². The molecule has 1 amide bonds. The van der Waals surface area contributed by atoms with Crippen LogP contribution in [0, 0.1) is 0 Å². The molecule has 0 spiro atoms. The Balaban J connectivity index is 1.97. The van der Waals surface area contributed by atoms with Crippen molar-refractivity contribution in [3.63, 3.8) is 0 Å². The summed E-state index contributed by atoms with van der Waals surface area (Å²) in [5, 5.41) is 12.2. The van der Waals surface area contributed by atoms with Gasteiger partial charge >= 0.3 is 0 Å². The minimum Gasteiger partial charge on any atom is -0.456 e. The predicted molar refractivity (Wildman–Crippen MR) is 76.6 cm³/mol. The number of carbonyl (C=O) groups is 1. The first-order chi connectivity index (χ1) is 9.72. The summed E-state index contributed by atoms with van der Waals surface area (Å²) in [5.41, 5.74) is 1.07. The van der Waals surface area contributed by atoms with E-state index in [0.717, 1.165) is 17.7 Å². The van der Waals surface area contributed by atoms with E-state index in [2.05, 4.69) is 5.32 Å². The Labute approximate surface area is 118 Å². The van der Waals surface area contributed by atoms with E-state index < -0.39 is 0 Å². The molecule has 2 aromatic rings. The lowest BCUT2D eigenvalue weighted by atomic mass is 10.1.